The zero-order valence-electron chi connectivity index (χ0n) is 17.1. The first-order valence-electron chi connectivity index (χ1n) is 10.3. The molecule has 1 aliphatic rings. The summed E-state index contributed by atoms with van der Waals surface area (Å²) < 4.78 is 0. The molecule has 31 heavy (non-hydrogen) atoms. The van der Waals surface area contributed by atoms with E-state index in [-0.39, 0.29) is 5.91 Å². The summed E-state index contributed by atoms with van der Waals surface area (Å²) in [6.07, 6.45) is 1.89. The lowest BCUT2D eigenvalue weighted by atomic mass is 9.97. The van der Waals surface area contributed by atoms with Gasteiger partial charge in [-0.3, -0.25) is 4.79 Å². The number of fused-ring (bicyclic) bond motifs is 2. The van der Waals surface area contributed by atoms with Crippen molar-refractivity contribution in [3.8, 4) is 11.1 Å². The van der Waals surface area contributed by atoms with E-state index in [1.807, 2.05) is 17.9 Å². The van der Waals surface area contributed by atoms with Gasteiger partial charge in [0.25, 0.3) is 5.91 Å². The molecule has 0 bridgehead atoms. The van der Waals surface area contributed by atoms with Crippen LogP contribution in [-0.2, 0) is 13.0 Å². The predicted octanol–water partition coefficient (Wildman–Crippen LogP) is 6.43. The Hall–Kier alpha value is -2.82. The molecule has 5 rings (SSSR count). The molecule has 0 aliphatic carbocycles. The molecule has 0 spiro atoms. The number of hydrogen-bond acceptors (Lipinski definition) is 2. The molecule has 2 heterocycles. The highest BCUT2D eigenvalue weighted by Gasteiger charge is 2.21. The monoisotopic (exact) mass is 449 g/mol. The van der Waals surface area contributed by atoms with E-state index in [4.69, 9.17) is 23.2 Å². The number of carbonyl (C=O) groups is 1. The molecule has 0 saturated heterocycles. The first kappa shape index (κ1) is 20.1. The van der Waals surface area contributed by atoms with Crippen molar-refractivity contribution in [3.05, 3.63) is 87.2 Å². The Morgan fingerprint density at radius 3 is 2.61 bits per heavy atom. The summed E-state index contributed by atoms with van der Waals surface area (Å²) in [5.41, 5.74) is 7.31. The van der Waals surface area contributed by atoms with Crippen molar-refractivity contribution in [2.24, 2.45) is 0 Å². The fourth-order valence-corrected chi connectivity index (χ4v) is 4.54. The third-order valence-corrected chi connectivity index (χ3v) is 6.57. The fourth-order valence-electron chi connectivity index (χ4n) is 4.24. The number of nitrogens with zero attached hydrogens (tertiary/aromatic N) is 2. The molecule has 0 atom stereocenters. The van der Waals surface area contributed by atoms with Crippen LogP contribution in [0.1, 0.15) is 33.7 Å². The number of rotatable bonds is 2. The van der Waals surface area contributed by atoms with Crippen molar-refractivity contribution in [2.45, 2.75) is 26.3 Å². The van der Waals surface area contributed by atoms with Gasteiger partial charge in [-0.25, -0.2) is 4.98 Å². The zero-order chi connectivity index (χ0) is 21.5. The molecule has 0 fully saturated rings. The molecule has 0 saturated carbocycles. The summed E-state index contributed by atoms with van der Waals surface area (Å²) in [6.45, 7) is 3.25. The van der Waals surface area contributed by atoms with E-state index in [0.29, 0.717) is 28.7 Å². The van der Waals surface area contributed by atoms with E-state index in [9.17, 15) is 4.79 Å². The fraction of sp³-hybridized carbons (Fsp3) is 0.200. The molecular formula is C25H21Cl2N3O. The average Bonchev–Trinajstić information content (AvgIpc) is 3.00. The van der Waals surface area contributed by atoms with Gasteiger partial charge in [0.1, 0.15) is 5.82 Å². The van der Waals surface area contributed by atoms with Gasteiger partial charge in [0.15, 0.2) is 0 Å². The lowest BCUT2D eigenvalue weighted by Gasteiger charge is -2.21. The summed E-state index contributed by atoms with van der Waals surface area (Å²) in [5.74, 6) is 0.886. The number of benzene rings is 3. The second-order valence-electron chi connectivity index (χ2n) is 8.00. The molecular weight excluding hydrogens is 429 g/mol. The Morgan fingerprint density at radius 2 is 1.77 bits per heavy atom. The molecule has 1 amide bonds. The highest BCUT2D eigenvalue weighted by molar-refractivity contribution is 6.42. The summed E-state index contributed by atoms with van der Waals surface area (Å²) in [4.78, 5) is 22.8. The molecule has 4 aromatic rings. The van der Waals surface area contributed by atoms with Crippen LogP contribution in [0.5, 0.6) is 0 Å². The molecule has 1 N–H and O–H groups in total. The van der Waals surface area contributed by atoms with E-state index in [0.717, 1.165) is 40.8 Å². The van der Waals surface area contributed by atoms with Crippen molar-refractivity contribution >= 4 is 40.1 Å². The normalized spacial score (nSPS) is 13.8. The minimum atomic E-state index is -0.0221. The number of carbonyl (C=O) groups excluding carboxylic acids is 1. The molecule has 1 aliphatic heterocycles. The van der Waals surface area contributed by atoms with Crippen LogP contribution in [-0.4, -0.2) is 27.3 Å². The van der Waals surface area contributed by atoms with E-state index in [1.54, 1.807) is 18.2 Å². The molecule has 1 aromatic heterocycles. The molecule has 0 radical (unpaired) electrons. The standard InChI is InChI=1S/C25H21Cl2N3O/c1-15-28-23-9-7-18(13-24(23)29-15)17-5-4-16-3-2-10-30(14-20(16)11-17)25(31)19-6-8-21(26)22(27)12-19/h4-9,11-13H,2-3,10,14H2,1H3,(H,28,29). The van der Waals surface area contributed by atoms with Gasteiger partial charge in [0.05, 0.1) is 21.1 Å². The molecule has 156 valence electrons. The number of hydrogen-bond donors (Lipinski definition) is 1. The van der Waals surface area contributed by atoms with Gasteiger partial charge in [-0.1, -0.05) is 41.4 Å². The predicted molar refractivity (Wildman–Crippen MR) is 126 cm³/mol. The van der Waals surface area contributed by atoms with Crippen molar-refractivity contribution in [1.82, 2.24) is 14.9 Å². The van der Waals surface area contributed by atoms with E-state index in [2.05, 4.69) is 40.3 Å². The quantitative estimate of drug-likeness (QED) is 0.382. The van der Waals surface area contributed by atoms with Crippen molar-refractivity contribution < 1.29 is 4.79 Å². The third-order valence-electron chi connectivity index (χ3n) is 5.83. The molecule has 3 aromatic carbocycles. The lowest BCUT2D eigenvalue weighted by Crippen LogP contribution is -2.30. The maximum Gasteiger partial charge on any atom is 0.254 e. The van der Waals surface area contributed by atoms with E-state index < -0.39 is 0 Å². The van der Waals surface area contributed by atoms with E-state index in [1.165, 1.54) is 11.1 Å². The highest BCUT2D eigenvalue weighted by atomic mass is 35.5. The second-order valence-corrected chi connectivity index (χ2v) is 8.81. The number of H-pyrrole nitrogens is 1. The Kier molecular flexibility index (Phi) is 5.20. The van der Waals surface area contributed by atoms with Crippen LogP contribution in [0.25, 0.3) is 22.2 Å². The Labute approximate surface area is 190 Å². The first-order chi connectivity index (χ1) is 15.0. The summed E-state index contributed by atoms with van der Waals surface area (Å²) in [5, 5.41) is 0.850. The zero-order valence-corrected chi connectivity index (χ0v) is 18.6. The number of aromatic nitrogens is 2. The molecule has 4 nitrogen and oxygen atoms in total. The summed E-state index contributed by atoms with van der Waals surface area (Å²) in [6, 6.07) is 17.9. The summed E-state index contributed by atoms with van der Waals surface area (Å²) >= 11 is 12.1. The SMILES string of the molecule is Cc1nc2ccc(-c3ccc4c(c3)CN(C(=O)c3ccc(Cl)c(Cl)c3)CCC4)cc2[nH]1. The topological polar surface area (TPSA) is 49.0 Å². The van der Waals surface area contributed by atoms with Crippen molar-refractivity contribution in [2.75, 3.05) is 6.54 Å². The largest absolute Gasteiger partial charge is 0.342 e. The molecule has 0 unspecified atom stereocenters. The average molecular weight is 450 g/mol. The van der Waals surface area contributed by atoms with Gasteiger partial charge in [-0.15, -0.1) is 0 Å². The van der Waals surface area contributed by atoms with Crippen LogP contribution in [0.15, 0.2) is 54.6 Å². The minimum absolute atomic E-state index is 0.0221. The van der Waals surface area contributed by atoms with Crippen LogP contribution in [0.2, 0.25) is 10.0 Å². The van der Waals surface area contributed by atoms with Crippen molar-refractivity contribution in [1.29, 1.82) is 0 Å². The van der Waals surface area contributed by atoms with Crippen LogP contribution < -0.4 is 0 Å². The molecule has 6 heteroatoms. The van der Waals surface area contributed by atoms with Gasteiger partial charge in [-0.2, -0.15) is 0 Å². The number of nitrogens with one attached hydrogen (secondary N) is 1. The van der Waals surface area contributed by atoms with Gasteiger partial charge in [0, 0.05) is 18.7 Å². The minimum Gasteiger partial charge on any atom is -0.342 e. The number of aromatic amines is 1. The highest BCUT2D eigenvalue weighted by Crippen LogP contribution is 2.29. The third kappa shape index (κ3) is 3.93. The van der Waals surface area contributed by atoms with Crippen LogP contribution in [0.4, 0.5) is 0 Å². The lowest BCUT2D eigenvalue weighted by molar-refractivity contribution is 0.0746. The maximum atomic E-state index is 13.1. The number of halogens is 2. The van der Waals surface area contributed by atoms with Gasteiger partial charge < -0.3 is 9.88 Å². The van der Waals surface area contributed by atoms with Gasteiger partial charge >= 0.3 is 0 Å². The second kappa shape index (κ2) is 8.03. The van der Waals surface area contributed by atoms with Gasteiger partial charge in [-0.05, 0) is 78.4 Å². The van der Waals surface area contributed by atoms with Crippen molar-refractivity contribution in [3.63, 3.8) is 0 Å². The summed E-state index contributed by atoms with van der Waals surface area (Å²) in [7, 11) is 0. The van der Waals surface area contributed by atoms with Crippen LogP contribution in [0, 0.1) is 6.92 Å². The Morgan fingerprint density at radius 1 is 0.968 bits per heavy atom. The smallest absolute Gasteiger partial charge is 0.254 e. The number of aryl methyl sites for hydroxylation is 2. The number of imidazole rings is 1. The van der Waals surface area contributed by atoms with Crippen LogP contribution >= 0.6 is 23.2 Å². The Balaban J connectivity index is 1.46. The van der Waals surface area contributed by atoms with Gasteiger partial charge in [0.2, 0.25) is 0 Å². The van der Waals surface area contributed by atoms with Crippen LogP contribution in [0.3, 0.4) is 0 Å². The maximum absolute atomic E-state index is 13.1. The first-order valence-corrected chi connectivity index (χ1v) is 11.1. The van der Waals surface area contributed by atoms with E-state index >= 15 is 0 Å². The number of amides is 1. The Bertz CT molecular complexity index is 1310.